The Bertz CT molecular complexity index is 1130. The summed E-state index contributed by atoms with van der Waals surface area (Å²) in [6, 6.07) is 0. The van der Waals surface area contributed by atoms with Crippen molar-refractivity contribution >= 4 is 61.6 Å². The zero-order valence-electron chi connectivity index (χ0n) is 25.6. The average molecular weight is 739 g/mol. The third-order valence-electron chi connectivity index (χ3n) is 7.86. The standard InChI is InChI=1S/C29H41Br2NO11/c1-25(2,30)22(36)41-15-27(5,16-42-23(37)26(3,4)31)24(38)40-14-8-13-39-17(33)9-12-32-20(34)18-19(21(32)35)29(7)11-10-28(18,6)43-29/h10-11,18-20,34H,8-9,12-16H2,1-7H3. The van der Waals surface area contributed by atoms with Crippen LogP contribution in [0.2, 0.25) is 0 Å². The van der Waals surface area contributed by atoms with Gasteiger partial charge in [-0.2, -0.15) is 0 Å². The monoisotopic (exact) mass is 737 g/mol. The molecule has 0 aromatic rings. The van der Waals surface area contributed by atoms with Crippen LogP contribution in [0, 0.1) is 17.3 Å². The molecule has 5 unspecified atom stereocenters. The molecular formula is C29H41Br2NO11. The summed E-state index contributed by atoms with van der Waals surface area (Å²) in [4.78, 5) is 64.2. The second-order valence-corrected chi connectivity index (χ2v) is 16.8. The largest absolute Gasteiger partial charge is 0.465 e. The number of carbonyl (C=O) groups excluding carboxylic acids is 5. The first-order valence-corrected chi connectivity index (χ1v) is 15.7. The number of rotatable bonds is 14. The molecule has 5 atom stereocenters. The molecule has 0 saturated carbocycles. The number of amides is 1. The van der Waals surface area contributed by atoms with E-state index in [1.54, 1.807) is 27.7 Å². The van der Waals surface area contributed by atoms with Crippen LogP contribution in [0.5, 0.6) is 0 Å². The number of hydrogen-bond donors (Lipinski definition) is 1. The number of hydrogen-bond acceptors (Lipinski definition) is 11. The van der Waals surface area contributed by atoms with Gasteiger partial charge >= 0.3 is 23.9 Å². The van der Waals surface area contributed by atoms with Crippen molar-refractivity contribution in [3.8, 4) is 0 Å². The molecule has 2 fully saturated rings. The van der Waals surface area contributed by atoms with E-state index in [9.17, 15) is 29.1 Å². The van der Waals surface area contributed by atoms with Gasteiger partial charge in [0, 0.05) is 13.0 Å². The Morgan fingerprint density at radius 2 is 1.40 bits per heavy atom. The zero-order valence-corrected chi connectivity index (χ0v) is 28.7. The first-order chi connectivity index (χ1) is 19.6. The average Bonchev–Trinajstić information content (AvgIpc) is 3.45. The number of halogens is 2. The molecule has 14 heteroatoms. The van der Waals surface area contributed by atoms with Gasteiger partial charge in [0.2, 0.25) is 5.91 Å². The van der Waals surface area contributed by atoms with E-state index in [4.69, 9.17) is 23.7 Å². The summed E-state index contributed by atoms with van der Waals surface area (Å²) >= 11 is 6.41. The highest BCUT2D eigenvalue weighted by atomic mass is 79.9. The van der Waals surface area contributed by atoms with Crippen molar-refractivity contribution in [1.29, 1.82) is 0 Å². The first kappa shape index (κ1) is 35.4. The molecular weight excluding hydrogens is 698 g/mol. The summed E-state index contributed by atoms with van der Waals surface area (Å²) in [6.45, 7) is 10.5. The second kappa shape index (κ2) is 12.8. The summed E-state index contributed by atoms with van der Waals surface area (Å²) in [5.41, 5.74) is -3.01. The van der Waals surface area contributed by atoms with Gasteiger partial charge in [0.25, 0.3) is 0 Å². The molecule has 242 valence electrons. The van der Waals surface area contributed by atoms with Crippen molar-refractivity contribution in [2.75, 3.05) is 33.0 Å². The number of carbonyl (C=O) groups is 5. The van der Waals surface area contributed by atoms with Gasteiger partial charge in [0.1, 0.15) is 33.5 Å². The molecule has 3 heterocycles. The lowest BCUT2D eigenvalue weighted by Crippen LogP contribution is -2.43. The molecule has 0 aliphatic carbocycles. The molecule has 0 radical (unpaired) electrons. The highest BCUT2D eigenvalue weighted by molar-refractivity contribution is 9.10. The maximum atomic E-state index is 13.0. The van der Waals surface area contributed by atoms with Gasteiger partial charge in [0.05, 0.1) is 42.7 Å². The predicted molar refractivity (Wildman–Crippen MR) is 159 cm³/mol. The van der Waals surface area contributed by atoms with Gasteiger partial charge in [-0.1, -0.05) is 44.0 Å². The fourth-order valence-corrected chi connectivity index (χ4v) is 5.57. The van der Waals surface area contributed by atoms with Gasteiger partial charge in [-0.3, -0.25) is 24.0 Å². The number of esters is 4. The molecule has 0 spiro atoms. The molecule has 3 aliphatic heterocycles. The minimum absolute atomic E-state index is 0.000808. The number of nitrogens with zero attached hydrogens (tertiary/aromatic N) is 1. The molecule has 3 rings (SSSR count). The van der Waals surface area contributed by atoms with E-state index in [0.29, 0.717) is 0 Å². The fourth-order valence-electron chi connectivity index (χ4n) is 5.34. The smallest absolute Gasteiger partial charge is 0.322 e. The number of likely N-dealkylation sites (tertiary alicyclic amines) is 1. The van der Waals surface area contributed by atoms with Gasteiger partial charge in [-0.15, -0.1) is 0 Å². The molecule has 1 N–H and O–H groups in total. The van der Waals surface area contributed by atoms with Crippen LogP contribution >= 0.6 is 31.9 Å². The molecule has 1 amide bonds. The van der Waals surface area contributed by atoms with Gasteiger partial charge in [-0.05, 0) is 48.5 Å². The van der Waals surface area contributed by atoms with Crippen LogP contribution in [0.4, 0.5) is 0 Å². The Morgan fingerprint density at radius 3 is 1.91 bits per heavy atom. The number of fused-ring (bicyclic) bond motifs is 5. The zero-order chi connectivity index (χ0) is 32.6. The van der Waals surface area contributed by atoms with Gasteiger partial charge in [0.15, 0.2) is 0 Å². The van der Waals surface area contributed by atoms with Crippen molar-refractivity contribution in [2.24, 2.45) is 17.3 Å². The van der Waals surface area contributed by atoms with Crippen LogP contribution in [-0.2, 0) is 47.7 Å². The van der Waals surface area contributed by atoms with E-state index >= 15 is 0 Å². The third-order valence-corrected chi connectivity index (χ3v) is 8.51. The molecule has 0 aromatic carbocycles. The number of alkyl halides is 2. The molecule has 2 saturated heterocycles. The SMILES string of the molecule is CC(C)(Br)C(=O)OCC(C)(COC(=O)C(C)(C)Br)C(=O)OCCCOC(=O)CCN1C(=O)C2C(C1O)C1(C)C=CC2(C)O1. The Kier molecular flexibility index (Phi) is 10.5. The molecule has 3 aliphatic rings. The normalized spacial score (nSPS) is 28.1. The molecule has 2 bridgehead atoms. The fraction of sp³-hybridized carbons (Fsp3) is 0.759. The number of aliphatic hydroxyl groups is 1. The van der Waals surface area contributed by atoms with E-state index in [-0.39, 0.29) is 38.5 Å². The lowest BCUT2D eigenvalue weighted by molar-refractivity contribution is -0.171. The van der Waals surface area contributed by atoms with Crippen LogP contribution in [-0.4, -0.2) is 98.8 Å². The summed E-state index contributed by atoms with van der Waals surface area (Å²) < 4.78 is 25.2. The summed E-state index contributed by atoms with van der Waals surface area (Å²) in [7, 11) is 0. The number of aliphatic hydroxyl groups excluding tert-OH is 1. The number of ether oxygens (including phenoxy) is 5. The van der Waals surface area contributed by atoms with Gasteiger partial charge in [-0.25, -0.2) is 0 Å². The summed E-state index contributed by atoms with van der Waals surface area (Å²) in [6.07, 6.45) is 2.72. The van der Waals surface area contributed by atoms with Crippen molar-refractivity contribution in [1.82, 2.24) is 4.90 Å². The van der Waals surface area contributed by atoms with E-state index in [0.717, 1.165) is 0 Å². The summed E-state index contributed by atoms with van der Waals surface area (Å²) in [5, 5.41) is 10.9. The Hall–Kier alpha value is -2.03. The summed E-state index contributed by atoms with van der Waals surface area (Å²) in [5.74, 6) is -3.76. The minimum atomic E-state index is -1.49. The van der Waals surface area contributed by atoms with Crippen LogP contribution in [0.25, 0.3) is 0 Å². The predicted octanol–water partition coefficient (Wildman–Crippen LogP) is 2.80. The maximum absolute atomic E-state index is 13.0. The Morgan fingerprint density at radius 1 is 0.884 bits per heavy atom. The Balaban J connectivity index is 1.44. The topological polar surface area (TPSA) is 155 Å². The highest BCUT2D eigenvalue weighted by Gasteiger charge is 2.69. The van der Waals surface area contributed by atoms with E-state index in [2.05, 4.69) is 31.9 Å². The van der Waals surface area contributed by atoms with Crippen LogP contribution in [0.1, 0.15) is 61.3 Å². The lowest BCUT2D eigenvalue weighted by atomic mass is 9.73. The molecule has 43 heavy (non-hydrogen) atoms. The van der Waals surface area contributed by atoms with Crippen molar-refractivity contribution in [3.05, 3.63) is 12.2 Å². The van der Waals surface area contributed by atoms with E-state index < -0.39 is 80.4 Å². The highest BCUT2D eigenvalue weighted by Crippen LogP contribution is 2.58. The maximum Gasteiger partial charge on any atom is 0.322 e. The molecule has 12 nitrogen and oxygen atoms in total. The second-order valence-electron chi connectivity index (χ2n) is 12.9. The van der Waals surface area contributed by atoms with Crippen LogP contribution in [0.3, 0.4) is 0 Å². The lowest BCUT2D eigenvalue weighted by Gasteiger charge is -2.30. The molecule has 0 aromatic heterocycles. The minimum Gasteiger partial charge on any atom is -0.465 e. The third kappa shape index (κ3) is 7.80. The van der Waals surface area contributed by atoms with Crippen LogP contribution in [0.15, 0.2) is 12.2 Å². The quantitative estimate of drug-likeness (QED) is 0.0920. The van der Waals surface area contributed by atoms with Crippen LogP contribution < -0.4 is 0 Å². The first-order valence-electron chi connectivity index (χ1n) is 14.1. The van der Waals surface area contributed by atoms with Crippen molar-refractivity contribution in [3.63, 3.8) is 0 Å². The van der Waals surface area contributed by atoms with E-state index in [1.807, 2.05) is 26.0 Å². The van der Waals surface area contributed by atoms with Gasteiger partial charge < -0.3 is 33.7 Å². The van der Waals surface area contributed by atoms with Crippen molar-refractivity contribution < 1.29 is 52.8 Å². The Labute approximate surface area is 268 Å². The van der Waals surface area contributed by atoms with E-state index in [1.165, 1.54) is 11.8 Å². The van der Waals surface area contributed by atoms with Crippen molar-refractivity contribution in [2.45, 2.75) is 87.4 Å².